The van der Waals surface area contributed by atoms with E-state index in [0.29, 0.717) is 12.1 Å². The standard InChI is InChI=1S/C16H27N3/c1-14(2)17-16(15-7-5-4-6-8-15)13-19-11-9-18(3)10-12-19/h4-8,14,16-17H,9-13H2,1-3H3. The van der Waals surface area contributed by atoms with Crippen LogP contribution in [-0.4, -0.2) is 55.6 Å². The molecule has 0 amide bonds. The summed E-state index contributed by atoms with van der Waals surface area (Å²) in [6.45, 7) is 10.3. The molecule has 1 aromatic rings. The van der Waals surface area contributed by atoms with Crippen molar-refractivity contribution in [3.63, 3.8) is 0 Å². The summed E-state index contributed by atoms with van der Waals surface area (Å²) in [5.41, 5.74) is 1.40. The summed E-state index contributed by atoms with van der Waals surface area (Å²) in [4.78, 5) is 4.98. The first-order chi connectivity index (χ1) is 9.15. The van der Waals surface area contributed by atoms with E-state index in [9.17, 15) is 0 Å². The van der Waals surface area contributed by atoms with Gasteiger partial charge in [0.1, 0.15) is 0 Å². The van der Waals surface area contributed by atoms with E-state index >= 15 is 0 Å². The van der Waals surface area contributed by atoms with Crippen molar-refractivity contribution in [2.45, 2.75) is 25.9 Å². The van der Waals surface area contributed by atoms with Gasteiger partial charge in [-0.25, -0.2) is 0 Å². The van der Waals surface area contributed by atoms with Crippen LogP contribution in [0.1, 0.15) is 25.5 Å². The molecule has 3 heteroatoms. The molecule has 1 atom stereocenters. The molecule has 0 spiro atoms. The van der Waals surface area contributed by atoms with Crippen LogP contribution in [0.5, 0.6) is 0 Å². The van der Waals surface area contributed by atoms with Crippen LogP contribution in [0.3, 0.4) is 0 Å². The molecule has 106 valence electrons. The maximum Gasteiger partial charge on any atom is 0.0451 e. The van der Waals surface area contributed by atoms with Crippen LogP contribution in [0.25, 0.3) is 0 Å². The Labute approximate surface area is 117 Å². The number of nitrogens with zero attached hydrogens (tertiary/aromatic N) is 2. The van der Waals surface area contributed by atoms with Crippen molar-refractivity contribution >= 4 is 0 Å². The molecular formula is C16H27N3. The highest BCUT2D eigenvalue weighted by Crippen LogP contribution is 2.16. The van der Waals surface area contributed by atoms with Crippen molar-refractivity contribution in [3.8, 4) is 0 Å². The topological polar surface area (TPSA) is 18.5 Å². The predicted molar refractivity (Wildman–Crippen MR) is 81.4 cm³/mol. The lowest BCUT2D eigenvalue weighted by Gasteiger charge is -2.35. The Balaban J connectivity index is 1.98. The van der Waals surface area contributed by atoms with E-state index in [1.165, 1.54) is 31.7 Å². The van der Waals surface area contributed by atoms with Gasteiger partial charge in [0.25, 0.3) is 0 Å². The quantitative estimate of drug-likeness (QED) is 0.874. The van der Waals surface area contributed by atoms with Gasteiger partial charge in [-0.1, -0.05) is 44.2 Å². The van der Waals surface area contributed by atoms with Gasteiger partial charge in [-0.3, -0.25) is 4.90 Å². The van der Waals surface area contributed by atoms with Crippen LogP contribution in [-0.2, 0) is 0 Å². The number of nitrogens with one attached hydrogen (secondary N) is 1. The summed E-state index contributed by atoms with van der Waals surface area (Å²) in [6, 6.07) is 11.8. The van der Waals surface area contributed by atoms with Gasteiger partial charge in [0, 0.05) is 44.8 Å². The van der Waals surface area contributed by atoms with Gasteiger partial charge in [-0.2, -0.15) is 0 Å². The zero-order valence-electron chi connectivity index (χ0n) is 12.5. The lowest BCUT2D eigenvalue weighted by Crippen LogP contribution is -2.47. The van der Waals surface area contributed by atoms with Gasteiger partial charge in [0.2, 0.25) is 0 Å². The van der Waals surface area contributed by atoms with Crippen LogP contribution < -0.4 is 5.32 Å². The first kappa shape index (κ1) is 14.5. The molecule has 0 bridgehead atoms. The fraction of sp³-hybridized carbons (Fsp3) is 0.625. The summed E-state index contributed by atoms with van der Waals surface area (Å²) < 4.78 is 0. The third-order valence-corrected chi connectivity index (χ3v) is 3.77. The third-order valence-electron chi connectivity index (χ3n) is 3.77. The third kappa shape index (κ3) is 4.60. The first-order valence-electron chi connectivity index (χ1n) is 7.37. The first-order valence-corrected chi connectivity index (χ1v) is 7.37. The van der Waals surface area contributed by atoms with E-state index in [2.05, 4.69) is 66.3 Å². The Kier molecular flexibility index (Phi) is 5.37. The zero-order chi connectivity index (χ0) is 13.7. The Bertz CT molecular complexity index is 356. The molecule has 3 nitrogen and oxygen atoms in total. The molecule has 19 heavy (non-hydrogen) atoms. The van der Waals surface area contributed by atoms with Crippen molar-refractivity contribution in [3.05, 3.63) is 35.9 Å². The normalized spacial score (nSPS) is 19.8. The van der Waals surface area contributed by atoms with Gasteiger partial charge in [-0.05, 0) is 12.6 Å². The minimum Gasteiger partial charge on any atom is -0.307 e. The van der Waals surface area contributed by atoms with E-state index in [1.54, 1.807) is 0 Å². The lowest BCUT2D eigenvalue weighted by atomic mass is 10.1. The SMILES string of the molecule is CC(C)NC(CN1CCN(C)CC1)c1ccccc1. The van der Waals surface area contributed by atoms with Crippen molar-refractivity contribution < 1.29 is 0 Å². The van der Waals surface area contributed by atoms with Crippen LogP contribution in [0.2, 0.25) is 0 Å². The maximum atomic E-state index is 3.70. The molecule has 1 saturated heterocycles. The monoisotopic (exact) mass is 261 g/mol. The van der Waals surface area contributed by atoms with Crippen LogP contribution in [0, 0.1) is 0 Å². The average Bonchev–Trinajstić information content (AvgIpc) is 2.41. The molecule has 0 aromatic heterocycles. The molecule has 1 N–H and O–H groups in total. The van der Waals surface area contributed by atoms with Gasteiger partial charge in [-0.15, -0.1) is 0 Å². The predicted octanol–water partition coefficient (Wildman–Crippen LogP) is 1.97. The average molecular weight is 261 g/mol. The van der Waals surface area contributed by atoms with Gasteiger partial charge < -0.3 is 10.2 Å². The molecule has 1 aliphatic rings. The van der Waals surface area contributed by atoms with Crippen molar-refractivity contribution in [1.82, 2.24) is 15.1 Å². The molecule has 1 heterocycles. The number of piperazine rings is 1. The molecule has 0 saturated carbocycles. The molecule has 1 aromatic carbocycles. The summed E-state index contributed by atoms with van der Waals surface area (Å²) in [7, 11) is 2.21. The Morgan fingerprint density at radius 2 is 1.68 bits per heavy atom. The molecule has 0 radical (unpaired) electrons. The number of benzene rings is 1. The number of hydrogen-bond acceptors (Lipinski definition) is 3. The van der Waals surface area contributed by atoms with Crippen molar-refractivity contribution in [2.24, 2.45) is 0 Å². The fourth-order valence-corrected chi connectivity index (χ4v) is 2.63. The highest BCUT2D eigenvalue weighted by atomic mass is 15.3. The van der Waals surface area contributed by atoms with Crippen LogP contribution >= 0.6 is 0 Å². The number of likely N-dealkylation sites (N-methyl/N-ethyl adjacent to an activating group) is 1. The smallest absolute Gasteiger partial charge is 0.0451 e. The second-order valence-electron chi connectivity index (χ2n) is 5.89. The highest BCUT2D eigenvalue weighted by Gasteiger charge is 2.19. The molecule has 2 rings (SSSR count). The maximum absolute atomic E-state index is 3.70. The second-order valence-corrected chi connectivity index (χ2v) is 5.89. The number of rotatable bonds is 5. The van der Waals surface area contributed by atoms with Gasteiger partial charge in [0.15, 0.2) is 0 Å². The van der Waals surface area contributed by atoms with Gasteiger partial charge >= 0.3 is 0 Å². The van der Waals surface area contributed by atoms with E-state index in [4.69, 9.17) is 0 Å². The second kappa shape index (κ2) is 7.04. The molecular weight excluding hydrogens is 234 g/mol. The summed E-state index contributed by atoms with van der Waals surface area (Å²) >= 11 is 0. The Morgan fingerprint density at radius 3 is 2.26 bits per heavy atom. The number of hydrogen-bond donors (Lipinski definition) is 1. The van der Waals surface area contributed by atoms with E-state index in [0.717, 1.165) is 6.54 Å². The minimum atomic E-state index is 0.435. The van der Waals surface area contributed by atoms with E-state index in [1.807, 2.05) is 0 Å². The van der Waals surface area contributed by atoms with Gasteiger partial charge in [0.05, 0.1) is 0 Å². The molecule has 1 fully saturated rings. The molecule has 1 aliphatic heterocycles. The zero-order valence-corrected chi connectivity index (χ0v) is 12.5. The van der Waals surface area contributed by atoms with E-state index < -0.39 is 0 Å². The summed E-state index contributed by atoms with van der Waals surface area (Å²) in [6.07, 6.45) is 0. The summed E-state index contributed by atoms with van der Waals surface area (Å²) in [5.74, 6) is 0. The fourth-order valence-electron chi connectivity index (χ4n) is 2.63. The summed E-state index contributed by atoms with van der Waals surface area (Å²) in [5, 5.41) is 3.70. The molecule has 1 unspecified atom stereocenters. The van der Waals surface area contributed by atoms with Crippen molar-refractivity contribution in [1.29, 1.82) is 0 Å². The Hall–Kier alpha value is -0.900. The van der Waals surface area contributed by atoms with Crippen LogP contribution in [0.4, 0.5) is 0 Å². The largest absolute Gasteiger partial charge is 0.307 e. The van der Waals surface area contributed by atoms with Crippen LogP contribution in [0.15, 0.2) is 30.3 Å². The minimum absolute atomic E-state index is 0.435. The van der Waals surface area contributed by atoms with E-state index in [-0.39, 0.29) is 0 Å². The van der Waals surface area contributed by atoms with Crippen molar-refractivity contribution in [2.75, 3.05) is 39.8 Å². The molecule has 0 aliphatic carbocycles. The lowest BCUT2D eigenvalue weighted by molar-refractivity contribution is 0.140. The highest BCUT2D eigenvalue weighted by molar-refractivity contribution is 5.19. The Morgan fingerprint density at radius 1 is 1.05 bits per heavy atom.